The fraction of sp³-hybridized carbons (Fsp3) is 0.167. The van der Waals surface area contributed by atoms with E-state index in [1.54, 1.807) is 24.4 Å². The molecule has 0 spiro atoms. The average Bonchev–Trinajstić information content (AvgIpc) is 2.85. The molecule has 0 bridgehead atoms. The van der Waals surface area contributed by atoms with Gasteiger partial charge in [0.05, 0.1) is 18.4 Å². The standard InChI is InChI=1S/C12H12N2O3/c1-2-17-12-10(4-3-6-13-12)14-11(15)9-5-7-16-8-9/h3-8H,2H2,1H3,(H,14,15). The molecule has 0 aliphatic rings. The summed E-state index contributed by atoms with van der Waals surface area (Å²) < 4.78 is 10.1. The Morgan fingerprint density at radius 1 is 1.53 bits per heavy atom. The molecule has 5 heteroatoms. The van der Waals surface area contributed by atoms with Crippen molar-refractivity contribution in [3.63, 3.8) is 0 Å². The monoisotopic (exact) mass is 232 g/mol. The minimum atomic E-state index is -0.257. The topological polar surface area (TPSA) is 64.4 Å². The number of rotatable bonds is 4. The van der Waals surface area contributed by atoms with Crippen molar-refractivity contribution in [2.45, 2.75) is 6.92 Å². The molecule has 17 heavy (non-hydrogen) atoms. The highest BCUT2D eigenvalue weighted by Crippen LogP contribution is 2.21. The Balaban J connectivity index is 2.15. The van der Waals surface area contributed by atoms with E-state index in [-0.39, 0.29) is 5.91 Å². The zero-order valence-corrected chi connectivity index (χ0v) is 9.34. The minimum absolute atomic E-state index is 0.257. The summed E-state index contributed by atoms with van der Waals surface area (Å²) in [5.74, 6) is 0.152. The molecule has 5 nitrogen and oxygen atoms in total. The maximum Gasteiger partial charge on any atom is 0.259 e. The largest absolute Gasteiger partial charge is 0.476 e. The minimum Gasteiger partial charge on any atom is -0.476 e. The van der Waals surface area contributed by atoms with Gasteiger partial charge in [-0.25, -0.2) is 4.98 Å². The first-order chi connectivity index (χ1) is 8.31. The number of furan rings is 1. The van der Waals surface area contributed by atoms with Gasteiger partial charge in [-0.3, -0.25) is 4.79 Å². The second-order valence-electron chi connectivity index (χ2n) is 3.26. The van der Waals surface area contributed by atoms with E-state index in [0.29, 0.717) is 23.7 Å². The molecule has 1 amide bonds. The van der Waals surface area contributed by atoms with Crippen molar-refractivity contribution in [3.05, 3.63) is 42.5 Å². The number of amides is 1. The van der Waals surface area contributed by atoms with Crippen molar-refractivity contribution in [1.82, 2.24) is 4.98 Å². The maximum atomic E-state index is 11.8. The lowest BCUT2D eigenvalue weighted by atomic mass is 10.3. The molecule has 2 aromatic rings. The lowest BCUT2D eigenvalue weighted by Crippen LogP contribution is -2.12. The Morgan fingerprint density at radius 3 is 3.12 bits per heavy atom. The van der Waals surface area contributed by atoms with Gasteiger partial charge < -0.3 is 14.5 Å². The van der Waals surface area contributed by atoms with Crippen LogP contribution in [0.4, 0.5) is 5.69 Å². The predicted octanol–water partition coefficient (Wildman–Crippen LogP) is 2.33. The molecule has 2 heterocycles. The molecule has 0 saturated heterocycles. The molecule has 0 atom stereocenters. The molecular formula is C12H12N2O3. The summed E-state index contributed by atoms with van der Waals surface area (Å²) in [5.41, 5.74) is 0.997. The fourth-order valence-corrected chi connectivity index (χ4v) is 1.33. The van der Waals surface area contributed by atoms with E-state index in [1.807, 2.05) is 6.92 Å². The third kappa shape index (κ3) is 2.63. The van der Waals surface area contributed by atoms with Crippen molar-refractivity contribution in [2.24, 2.45) is 0 Å². The first kappa shape index (κ1) is 11.2. The molecule has 0 aliphatic heterocycles. The second-order valence-corrected chi connectivity index (χ2v) is 3.26. The van der Waals surface area contributed by atoms with Crippen LogP contribution in [-0.2, 0) is 0 Å². The molecule has 0 unspecified atom stereocenters. The smallest absolute Gasteiger partial charge is 0.259 e. The molecule has 0 radical (unpaired) electrons. The summed E-state index contributed by atoms with van der Waals surface area (Å²) >= 11 is 0. The lowest BCUT2D eigenvalue weighted by Gasteiger charge is -2.08. The van der Waals surface area contributed by atoms with Gasteiger partial charge >= 0.3 is 0 Å². The quantitative estimate of drug-likeness (QED) is 0.878. The Morgan fingerprint density at radius 2 is 2.41 bits per heavy atom. The van der Waals surface area contributed by atoms with Gasteiger partial charge in [0, 0.05) is 6.20 Å². The summed E-state index contributed by atoms with van der Waals surface area (Å²) in [4.78, 5) is 15.8. The zero-order chi connectivity index (χ0) is 12.1. The van der Waals surface area contributed by atoms with Crippen LogP contribution in [0.15, 0.2) is 41.3 Å². The highest BCUT2D eigenvalue weighted by Gasteiger charge is 2.11. The van der Waals surface area contributed by atoms with E-state index in [4.69, 9.17) is 9.15 Å². The van der Waals surface area contributed by atoms with E-state index in [1.165, 1.54) is 12.5 Å². The molecule has 88 valence electrons. The first-order valence-electron chi connectivity index (χ1n) is 5.22. The number of nitrogens with zero attached hydrogens (tertiary/aromatic N) is 1. The normalized spacial score (nSPS) is 9.94. The van der Waals surface area contributed by atoms with Gasteiger partial charge in [-0.15, -0.1) is 0 Å². The molecule has 0 aromatic carbocycles. The van der Waals surface area contributed by atoms with Crippen LogP contribution >= 0.6 is 0 Å². The summed E-state index contributed by atoms with van der Waals surface area (Å²) in [6.45, 7) is 2.35. The summed E-state index contributed by atoms with van der Waals surface area (Å²) in [6, 6.07) is 5.05. The van der Waals surface area contributed by atoms with Gasteiger partial charge in [0.2, 0.25) is 5.88 Å². The molecule has 0 fully saturated rings. The summed E-state index contributed by atoms with van der Waals surface area (Å²) in [7, 11) is 0. The highest BCUT2D eigenvalue weighted by molar-refractivity contribution is 6.04. The number of anilines is 1. The van der Waals surface area contributed by atoms with Crippen LogP contribution in [0.25, 0.3) is 0 Å². The van der Waals surface area contributed by atoms with Crippen LogP contribution in [0, 0.1) is 0 Å². The first-order valence-corrected chi connectivity index (χ1v) is 5.22. The number of aromatic nitrogens is 1. The number of hydrogen-bond donors (Lipinski definition) is 1. The lowest BCUT2D eigenvalue weighted by molar-refractivity contribution is 0.102. The third-order valence-electron chi connectivity index (χ3n) is 2.08. The molecule has 2 aromatic heterocycles. The van der Waals surface area contributed by atoms with Crippen LogP contribution < -0.4 is 10.1 Å². The van der Waals surface area contributed by atoms with Crippen LogP contribution in [0.2, 0.25) is 0 Å². The maximum absolute atomic E-state index is 11.8. The number of nitrogens with one attached hydrogen (secondary N) is 1. The number of ether oxygens (including phenoxy) is 1. The van der Waals surface area contributed by atoms with Crippen molar-refractivity contribution >= 4 is 11.6 Å². The van der Waals surface area contributed by atoms with E-state index in [9.17, 15) is 4.79 Å². The number of pyridine rings is 1. The van der Waals surface area contributed by atoms with Gasteiger partial charge in [0.15, 0.2) is 0 Å². The van der Waals surface area contributed by atoms with Crippen LogP contribution in [0.1, 0.15) is 17.3 Å². The van der Waals surface area contributed by atoms with Crippen molar-refractivity contribution < 1.29 is 13.9 Å². The molecule has 2 rings (SSSR count). The number of carbonyl (C=O) groups is 1. The SMILES string of the molecule is CCOc1ncccc1NC(=O)c1ccoc1. The Labute approximate surface area is 98.4 Å². The highest BCUT2D eigenvalue weighted by atomic mass is 16.5. The van der Waals surface area contributed by atoms with Gasteiger partial charge in [-0.1, -0.05) is 0 Å². The number of hydrogen-bond acceptors (Lipinski definition) is 4. The van der Waals surface area contributed by atoms with Crippen LogP contribution in [0.3, 0.4) is 0 Å². The van der Waals surface area contributed by atoms with Gasteiger partial charge in [-0.05, 0) is 25.1 Å². The van der Waals surface area contributed by atoms with Crippen molar-refractivity contribution in [1.29, 1.82) is 0 Å². The summed E-state index contributed by atoms with van der Waals surface area (Å²) in [6.07, 6.45) is 4.44. The van der Waals surface area contributed by atoms with E-state index in [2.05, 4.69) is 10.3 Å². The molecule has 0 aliphatic carbocycles. The van der Waals surface area contributed by atoms with E-state index < -0.39 is 0 Å². The molecule has 1 N–H and O–H groups in total. The number of carbonyl (C=O) groups excluding carboxylic acids is 1. The van der Waals surface area contributed by atoms with Gasteiger partial charge in [0.1, 0.15) is 12.0 Å². The Hall–Kier alpha value is -2.30. The summed E-state index contributed by atoms with van der Waals surface area (Å²) in [5, 5.41) is 2.71. The molecular weight excluding hydrogens is 220 g/mol. The van der Waals surface area contributed by atoms with E-state index >= 15 is 0 Å². The van der Waals surface area contributed by atoms with Crippen molar-refractivity contribution in [2.75, 3.05) is 11.9 Å². The Bertz CT molecular complexity index is 494. The fourth-order valence-electron chi connectivity index (χ4n) is 1.33. The van der Waals surface area contributed by atoms with Crippen LogP contribution in [-0.4, -0.2) is 17.5 Å². The second kappa shape index (κ2) is 5.16. The van der Waals surface area contributed by atoms with Crippen molar-refractivity contribution in [3.8, 4) is 5.88 Å². The molecule has 0 saturated carbocycles. The Kier molecular flexibility index (Phi) is 3.40. The predicted molar refractivity (Wildman–Crippen MR) is 62.1 cm³/mol. The van der Waals surface area contributed by atoms with Gasteiger partial charge in [-0.2, -0.15) is 0 Å². The van der Waals surface area contributed by atoms with Gasteiger partial charge in [0.25, 0.3) is 5.91 Å². The third-order valence-corrected chi connectivity index (χ3v) is 2.08. The van der Waals surface area contributed by atoms with E-state index in [0.717, 1.165) is 0 Å². The average molecular weight is 232 g/mol. The van der Waals surface area contributed by atoms with Crippen LogP contribution in [0.5, 0.6) is 5.88 Å². The zero-order valence-electron chi connectivity index (χ0n) is 9.34.